The van der Waals surface area contributed by atoms with Crippen LogP contribution >= 0.6 is 12.4 Å². The van der Waals surface area contributed by atoms with E-state index in [1.54, 1.807) is 6.20 Å². The molecule has 1 amide bonds. The molecule has 0 aromatic carbocycles. The van der Waals surface area contributed by atoms with Crippen LogP contribution in [-0.2, 0) is 4.79 Å². The van der Waals surface area contributed by atoms with Crippen LogP contribution in [0.3, 0.4) is 0 Å². The summed E-state index contributed by atoms with van der Waals surface area (Å²) < 4.78 is 5.48. The fourth-order valence-corrected chi connectivity index (χ4v) is 3.97. The summed E-state index contributed by atoms with van der Waals surface area (Å²) in [7, 11) is 0. The number of nitrogens with two attached hydrogens (primary N) is 1. The van der Waals surface area contributed by atoms with E-state index >= 15 is 0 Å². The van der Waals surface area contributed by atoms with E-state index in [0.29, 0.717) is 23.8 Å². The van der Waals surface area contributed by atoms with Crippen molar-refractivity contribution in [3.05, 3.63) is 17.8 Å². The van der Waals surface area contributed by atoms with Crippen LogP contribution in [0.2, 0.25) is 0 Å². The zero-order valence-electron chi connectivity index (χ0n) is 13.2. The zero-order valence-corrected chi connectivity index (χ0v) is 14.1. The smallest absolute Gasteiger partial charge is 0.223 e. The number of hydrogen-bond donors (Lipinski definition) is 2. The molecule has 2 aliphatic carbocycles. The Morgan fingerprint density at radius 1 is 1.41 bits per heavy atom. The second-order valence-electron chi connectivity index (χ2n) is 6.74. The van der Waals surface area contributed by atoms with Gasteiger partial charge in [-0.15, -0.1) is 12.4 Å². The number of fused-ring (bicyclic) bond motifs is 2. The zero-order chi connectivity index (χ0) is 15.0. The first kappa shape index (κ1) is 17.3. The summed E-state index contributed by atoms with van der Waals surface area (Å²) in [5, 5.41) is 3.05. The molecule has 3 unspecified atom stereocenters. The molecule has 0 radical (unpaired) electrons. The average molecular weight is 328 g/mol. The van der Waals surface area contributed by atoms with Crippen molar-refractivity contribution in [2.24, 2.45) is 23.5 Å². The quantitative estimate of drug-likeness (QED) is 0.894. The van der Waals surface area contributed by atoms with Gasteiger partial charge in [-0.2, -0.15) is 0 Å². The van der Waals surface area contributed by atoms with Crippen LogP contribution in [0, 0.1) is 24.7 Å². The van der Waals surface area contributed by atoms with Gasteiger partial charge in [0.2, 0.25) is 11.8 Å². The Balaban J connectivity index is 0.00000176. The molecule has 3 atom stereocenters. The lowest BCUT2D eigenvalue weighted by molar-refractivity contribution is -0.128. The van der Waals surface area contributed by atoms with Crippen molar-refractivity contribution in [3.8, 4) is 0 Å². The molecule has 2 aliphatic rings. The Morgan fingerprint density at radius 2 is 2.05 bits per heavy atom. The standard InChI is InChI=1S/C16H25N3O2.ClH/c1-9-8-18-16(21-9)10(2)19-15(20)13-6-11-4-3-5-12(7-13)14(11)17;/h8,10-14H,3-7,17H2,1-2H3,(H,19,20);1H. The van der Waals surface area contributed by atoms with Crippen LogP contribution in [0.25, 0.3) is 0 Å². The van der Waals surface area contributed by atoms with E-state index in [2.05, 4.69) is 10.3 Å². The molecule has 2 bridgehead atoms. The van der Waals surface area contributed by atoms with E-state index in [1.165, 1.54) is 19.3 Å². The van der Waals surface area contributed by atoms with E-state index in [9.17, 15) is 4.79 Å². The number of amides is 1. The van der Waals surface area contributed by atoms with Crippen molar-refractivity contribution in [3.63, 3.8) is 0 Å². The number of nitrogens with one attached hydrogen (secondary N) is 1. The lowest BCUT2D eigenvalue weighted by atomic mass is 9.65. The van der Waals surface area contributed by atoms with Gasteiger partial charge in [0.05, 0.1) is 6.20 Å². The van der Waals surface area contributed by atoms with Gasteiger partial charge in [0.1, 0.15) is 11.8 Å². The van der Waals surface area contributed by atoms with Gasteiger partial charge in [-0.1, -0.05) is 6.42 Å². The van der Waals surface area contributed by atoms with Crippen molar-refractivity contribution >= 4 is 18.3 Å². The van der Waals surface area contributed by atoms with E-state index in [4.69, 9.17) is 10.2 Å². The molecule has 3 N–H and O–H groups in total. The molecule has 1 heterocycles. The van der Waals surface area contributed by atoms with Crippen LogP contribution in [0.1, 0.15) is 56.7 Å². The highest BCUT2D eigenvalue weighted by molar-refractivity contribution is 5.85. The normalized spacial score (nSPS) is 32.0. The van der Waals surface area contributed by atoms with E-state index in [-0.39, 0.29) is 30.3 Å². The van der Waals surface area contributed by atoms with Crippen LogP contribution in [0.5, 0.6) is 0 Å². The Kier molecular flexibility index (Phi) is 5.50. The largest absolute Gasteiger partial charge is 0.444 e. The fraction of sp³-hybridized carbons (Fsp3) is 0.750. The maximum atomic E-state index is 12.5. The summed E-state index contributed by atoms with van der Waals surface area (Å²) in [6, 6.07) is 0.122. The number of rotatable bonds is 3. The molecule has 0 spiro atoms. The van der Waals surface area contributed by atoms with Gasteiger partial charge < -0.3 is 15.5 Å². The third-order valence-electron chi connectivity index (χ3n) is 5.15. The number of oxazole rings is 1. The minimum absolute atomic E-state index is 0. The first-order chi connectivity index (χ1) is 10.0. The maximum Gasteiger partial charge on any atom is 0.223 e. The van der Waals surface area contributed by atoms with Crippen LogP contribution in [0.4, 0.5) is 0 Å². The Bertz CT molecular complexity index is 505. The van der Waals surface area contributed by atoms with Gasteiger partial charge in [0.15, 0.2) is 0 Å². The molecule has 5 nitrogen and oxygen atoms in total. The molecule has 6 heteroatoms. The maximum absolute atomic E-state index is 12.5. The number of nitrogens with zero attached hydrogens (tertiary/aromatic N) is 1. The van der Waals surface area contributed by atoms with Gasteiger partial charge in [0, 0.05) is 12.0 Å². The van der Waals surface area contributed by atoms with Gasteiger partial charge in [-0.3, -0.25) is 4.79 Å². The predicted molar refractivity (Wildman–Crippen MR) is 86.6 cm³/mol. The van der Waals surface area contributed by atoms with E-state index < -0.39 is 0 Å². The van der Waals surface area contributed by atoms with Gasteiger partial charge >= 0.3 is 0 Å². The second-order valence-corrected chi connectivity index (χ2v) is 6.74. The summed E-state index contributed by atoms with van der Waals surface area (Å²) in [4.78, 5) is 16.7. The highest BCUT2D eigenvalue weighted by Crippen LogP contribution is 2.42. The lowest BCUT2D eigenvalue weighted by Gasteiger charge is -2.43. The molecule has 1 aromatic rings. The van der Waals surface area contributed by atoms with Crippen molar-refractivity contribution < 1.29 is 9.21 Å². The summed E-state index contributed by atoms with van der Waals surface area (Å²) >= 11 is 0. The molecular weight excluding hydrogens is 302 g/mol. The molecular formula is C16H26ClN3O2. The topological polar surface area (TPSA) is 81.2 Å². The first-order valence-corrected chi connectivity index (χ1v) is 8.03. The minimum Gasteiger partial charge on any atom is -0.444 e. The molecule has 0 saturated heterocycles. The Morgan fingerprint density at radius 3 is 2.59 bits per heavy atom. The van der Waals surface area contributed by atoms with Crippen molar-refractivity contribution in [1.29, 1.82) is 0 Å². The Labute approximate surface area is 137 Å². The van der Waals surface area contributed by atoms with Crippen molar-refractivity contribution in [2.75, 3.05) is 0 Å². The molecule has 0 aliphatic heterocycles. The van der Waals surface area contributed by atoms with E-state index in [0.717, 1.165) is 18.6 Å². The van der Waals surface area contributed by atoms with E-state index in [1.807, 2.05) is 13.8 Å². The third kappa shape index (κ3) is 3.46. The second kappa shape index (κ2) is 7.01. The molecule has 2 saturated carbocycles. The summed E-state index contributed by atoms with van der Waals surface area (Å²) in [5.74, 6) is 2.61. The third-order valence-corrected chi connectivity index (χ3v) is 5.15. The van der Waals surface area contributed by atoms with Crippen molar-refractivity contribution in [1.82, 2.24) is 10.3 Å². The number of halogens is 1. The fourth-order valence-electron chi connectivity index (χ4n) is 3.97. The highest BCUT2D eigenvalue weighted by atomic mass is 35.5. The molecule has 22 heavy (non-hydrogen) atoms. The van der Waals surface area contributed by atoms with Crippen LogP contribution < -0.4 is 11.1 Å². The molecule has 3 rings (SSSR count). The number of aromatic nitrogens is 1. The first-order valence-electron chi connectivity index (χ1n) is 8.03. The van der Waals surface area contributed by atoms with Gasteiger partial charge in [-0.25, -0.2) is 4.98 Å². The molecule has 2 fully saturated rings. The SMILES string of the molecule is Cc1cnc(C(C)NC(=O)C2CC3CCCC(C2)C3N)o1.Cl. The lowest BCUT2D eigenvalue weighted by Crippen LogP contribution is -2.49. The molecule has 1 aromatic heterocycles. The summed E-state index contributed by atoms with van der Waals surface area (Å²) in [6.45, 7) is 3.77. The number of aryl methyl sites for hydroxylation is 1. The monoisotopic (exact) mass is 327 g/mol. The van der Waals surface area contributed by atoms with Crippen LogP contribution in [0.15, 0.2) is 10.6 Å². The molecule has 124 valence electrons. The van der Waals surface area contributed by atoms with Gasteiger partial charge in [0.25, 0.3) is 0 Å². The predicted octanol–water partition coefficient (Wildman–Crippen LogP) is 2.74. The minimum atomic E-state index is -0.179. The Hall–Kier alpha value is -1.07. The highest BCUT2D eigenvalue weighted by Gasteiger charge is 2.40. The summed E-state index contributed by atoms with van der Waals surface area (Å²) in [6.07, 6.45) is 7.17. The average Bonchev–Trinajstić information content (AvgIpc) is 2.85. The van der Waals surface area contributed by atoms with Gasteiger partial charge in [-0.05, 0) is 51.4 Å². The number of carbonyl (C=O) groups excluding carboxylic acids is 1. The summed E-state index contributed by atoms with van der Waals surface area (Å²) in [5.41, 5.74) is 6.28. The van der Waals surface area contributed by atoms with Crippen molar-refractivity contribution in [2.45, 2.75) is 58.0 Å². The number of hydrogen-bond acceptors (Lipinski definition) is 4. The number of carbonyl (C=O) groups is 1. The van der Waals surface area contributed by atoms with Crippen LogP contribution in [-0.4, -0.2) is 16.9 Å².